The van der Waals surface area contributed by atoms with E-state index in [0.29, 0.717) is 35.7 Å². The van der Waals surface area contributed by atoms with Crippen LogP contribution in [0.15, 0.2) is 52.3 Å². The van der Waals surface area contributed by atoms with Crippen LogP contribution in [0.25, 0.3) is 0 Å². The van der Waals surface area contributed by atoms with E-state index in [0.717, 1.165) is 0 Å². The molecule has 8 nitrogen and oxygen atoms in total. The monoisotopic (exact) mass is 485 g/mol. The number of piperidine rings is 1. The third-order valence-electron chi connectivity index (χ3n) is 5.25. The van der Waals surface area contributed by atoms with Gasteiger partial charge in [-0.3, -0.25) is 4.79 Å². The highest BCUT2D eigenvalue weighted by molar-refractivity contribution is 7.89. The van der Waals surface area contributed by atoms with Crippen molar-refractivity contribution in [1.82, 2.24) is 9.03 Å². The molecule has 0 aliphatic carbocycles. The minimum atomic E-state index is -3.75. The van der Waals surface area contributed by atoms with Crippen LogP contribution in [0.3, 0.4) is 0 Å². The molecule has 0 spiro atoms. The first-order chi connectivity index (χ1) is 14.5. The molecule has 1 atom stereocenters. The summed E-state index contributed by atoms with van der Waals surface area (Å²) in [5.74, 6) is -0.905. The standard InChI is InChI=1S/C20H24ClN3O5S2/c1-14-5-8-18(30(26,27)22-2)12-19(14)23-20(25)15-4-3-11-24(13-15)31(28,29)17-9-6-16(21)7-10-17/h5-10,12,15,22H,3-4,11,13H2,1-2H3,(H,23,25)/t15-/m0/s1. The van der Waals surface area contributed by atoms with E-state index in [-0.39, 0.29) is 22.2 Å². The zero-order valence-electron chi connectivity index (χ0n) is 17.1. The van der Waals surface area contributed by atoms with Crippen molar-refractivity contribution < 1.29 is 21.6 Å². The first-order valence-corrected chi connectivity index (χ1v) is 13.0. The SMILES string of the molecule is CNS(=O)(=O)c1ccc(C)c(NC(=O)[C@H]2CCCN(S(=O)(=O)c3ccc(Cl)cc3)C2)c1. The van der Waals surface area contributed by atoms with Crippen LogP contribution in [0.4, 0.5) is 5.69 Å². The van der Waals surface area contributed by atoms with E-state index < -0.39 is 26.0 Å². The van der Waals surface area contributed by atoms with Gasteiger partial charge in [-0.2, -0.15) is 4.31 Å². The molecule has 2 aromatic carbocycles. The summed E-state index contributed by atoms with van der Waals surface area (Å²) in [5.41, 5.74) is 1.07. The van der Waals surface area contributed by atoms with E-state index in [2.05, 4.69) is 10.0 Å². The van der Waals surface area contributed by atoms with Crippen LogP contribution in [-0.2, 0) is 24.8 Å². The van der Waals surface area contributed by atoms with Gasteiger partial charge >= 0.3 is 0 Å². The number of benzene rings is 2. The van der Waals surface area contributed by atoms with E-state index in [4.69, 9.17) is 11.6 Å². The molecule has 1 fully saturated rings. The van der Waals surface area contributed by atoms with Crippen LogP contribution < -0.4 is 10.0 Å². The molecule has 1 heterocycles. The van der Waals surface area contributed by atoms with Gasteiger partial charge in [-0.15, -0.1) is 0 Å². The first-order valence-electron chi connectivity index (χ1n) is 9.65. The third kappa shape index (κ3) is 5.27. The summed E-state index contributed by atoms with van der Waals surface area (Å²) in [4.78, 5) is 13.0. The number of aryl methyl sites for hydroxylation is 1. The van der Waals surface area contributed by atoms with Crippen molar-refractivity contribution in [3.05, 3.63) is 53.1 Å². The Hall–Kier alpha value is -1.98. The van der Waals surface area contributed by atoms with Gasteiger partial charge in [-0.05, 0) is 68.8 Å². The summed E-state index contributed by atoms with van der Waals surface area (Å²) in [6.45, 7) is 2.12. The second kappa shape index (κ2) is 9.25. The average molecular weight is 486 g/mol. The lowest BCUT2D eigenvalue weighted by molar-refractivity contribution is -0.120. The van der Waals surface area contributed by atoms with Gasteiger partial charge in [-0.25, -0.2) is 21.6 Å². The molecule has 1 aliphatic rings. The first kappa shape index (κ1) is 23.7. The molecule has 2 aromatic rings. The predicted octanol–water partition coefficient (Wildman–Crippen LogP) is 2.60. The van der Waals surface area contributed by atoms with E-state index >= 15 is 0 Å². The summed E-state index contributed by atoms with van der Waals surface area (Å²) < 4.78 is 53.5. The van der Waals surface area contributed by atoms with E-state index in [9.17, 15) is 21.6 Å². The number of amides is 1. The van der Waals surface area contributed by atoms with Gasteiger partial charge in [0.05, 0.1) is 15.7 Å². The van der Waals surface area contributed by atoms with Gasteiger partial charge in [-0.1, -0.05) is 17.7 Å². The lowest BCUT2D eigenvalue weighted by atomic mass is 9.98. The lowest BCUT2D eigenvalue weighted by Gasteiger charge is -2.31. The van der Waals surface area contributed by atoms with Gasteiger partial charge < -0.3 is 5.32 Å². The highest BCUT2D eigenvalue weighted by Crippen LogP contribution is 2.27. The second-order valence-electron chi connectivity index (χ2n) is 7.33. The van der Waals surface area contributed by atoms with Gasteiger partial charge in [0.1, 0.15) is 0 Å². The van der Waals surface area contributed by atoms with Crippen LogP contribution in [0.5, 0.6) is 0 Å². The molecule has 0 bridgehead atoms. The molecule has 31 heavy (non-hydrogen) atoms. The van der Waals surface area contributed by atoms with Crippen LogP contribution in [0, 0.1) is 12.8 Å². The summed E-state index contributed by atoms with van der Waals surface area (Å²) in [5, 5.41) is 3.20. The summed E-state index contributed by atoms with van der Waals surface area (Å²) in [6, 6.07) is 10.4. The fourth-order valence-electron chi connectivity index (χ4n) is 3.39. The number of carbonyl (C=O) groups is 1. The van der Waals surface area contributed by atoms with Crippen LogP contribution >= 0.6 is 11.6 Å². The molecule has 1 amide bonds. The Balaban J connectivity index is 1.77. The molecule has 3 rings (SSSR count). The van der Waals surface area contributed by atoms with Crippen molar-refractivity contribution in [3.8, 4) is 0 Å². The molecule has 0 aromatic heterocycles. The van der Waals surface area contributed by atoms with Gasteiger partial charge in [0, 0.05) is 23.8 Å². The number of sulfonamides is 2. The predicted molar refractivity (Wildman–Crippen MR) is 119 cm³/mol. The van der Waals surface area contributed by atoms with Crippen molar-refractivity contribution in [2.45, 2.75) is 29.6 Å². The Kier molecular flexibility index (Phi) is 7.07. The van der Waals surface area contributed by atoms with Gasteiger partial charge in [0.2, 0.25) is 26.0 Å². The minimum absolute atomic E-state index is 0.0338. The minimum Gasteiger partial charge on any atom is -0.326 e. The number of carbonyl (C=O) groups excluding carboxylic acids is 1. The zero-order valence-corrected chi connectivity index (χ0v) is 19.5. The normalized spacial score (nSPS) is 18.0. The highest BCUT2D eigenvalue weighted by atomic mass is 35.5. The Morgan fingerprint density at radius 3 is 2.35 bits per heavy atom. The summed E-state index contributed by atoms with van der Waals surface area (Å²) >= 11 is 5.85. The number of hydrogen-bond acceptors (Lipinski definition) is 5. The van der Waals surface area contributed by atoms with E-state index in [1.165, 1.54) is 47.8 Å². The van der Waals surface area contributed by atoms with E-state index in [1.54, 1.807) is 13.0 Å². The summed E-state index contributed by atoms with van der Waals surface area (Å²) in [6.07, 6.45) is 1.07. The fraction of sp³-hybridized carbons (Fsp3) is 0.350. The quantitative estimate of drug-likeness (QED) is 0.653. The molecule has 2 N–H and O–H groups in total. The molecular weight excluding hydrogens is 462 g/mol. The Bertz CT molecular complexity index is 1180. The maximum absolute atomic E-state index is 12.9. The van der Waals surface area contributed by atoms with Gasteiger partial charge in [0.25, 0.3) is 0 Å². The molecule has 0 saturated carbocycles. The number of hydrogen-bond donors (Lipinski definition) is 2. The molecule has 0 unspecified atom stereocenters. The number of rotatable bonds is 6. The van der Waals surface area contributed by atoms with Crippen LogP contribution in [-0.4, -0.2) is 47.2 Å². The van der Waals surface area contributed by atoms with Crippen molar-refractivity contribution in [1.29, 1.82) is 0 Å². The lowest BCUT2D eigenvalue weighted by Crippen LogP contribution is -2.43. The molecular formula is C20H24ClN3O5S2. The van der Waals surface area contributed by atoms with Crippen molar-refractivity contribution >= 4 is 43.2 Å². The molecule has 1 aliphatic heterocycles. The smallest absolute Gasteiger partial charge is 0.243 e. The van der Waals surface area contributed by atoms with Crippen LogP contribution in [0.1, 0.15) is 18.4 Å². The maximum atomic E-state index is 12.9. The Morgan fingerprint density at radius 1 is 1.06 bits per heavy atom. The van der Waals surface area contributed by atoms with Crippen molar-refractivity contribution in [2.75, 3.05) is 25.5 Å². The second-order valence-corrected chi connectivity index (χ2v) is 11.6. The molecule has 11 heteroatoms. The number of halogens is 1. The maximum Gasteiger partial charge on any atom is 0.243 e. The van der Waals surface area contributed by atoms with Crippen molar-refractivity contribution in [3.63, 3.8) is 0 Å². The number of nitrogens with zero attached hydrogens (tertiary/aromatic N) is 1. The third-order valence-corrected chi connectivity index (χ3v) is 8.80. The molecule has 1 saturated heterocycles. The molecule has 0 radical (unpaired) electrons. The largest absolute Gasteiger partial charge is 0.326 e. The zero-order chi connectivity index (χ0) is 22.8. The topological polar surface area (TPSA) is 113 Å². The summed E-state index contributed by atoms with van der Waals surface area (Å²) in [7, 11) is -6.10. The fourth-order valence-corrected chi connectivity index (χ4v) is 5.79. The number of anilines is 1. The van der Waals surface area contributed by atoms with E-state index in [1.807, 2.05) is 0 Å². The average Bonchev–Trinajstić information content (AvgIpc) is 2.75. The van der Waals surface area contributed by atoms with Gasteiger partial charge in [0.15, 0.2) is 0 Å². The van der Waals surface area contributed by atoms with Crippen LogP contribution in [0.2, 0.25) is 5.02 Å². The Labute approximate surface area is 187 Å². The Morgan fingerprint density at radius 2 is 1.71 bits per heavy atom. The number of nitrogens with one attached hydrogen (secondary N) is 2. The van der Waals surface area contributed by atoms with Crippen molar-refractivity contribution in [2.24, 2.45) is 5.92 Å². The highest BCUT2D eigenvalue weighted by Gasteiger charge is 2.33. The molecule has 168 valence electrons.